The van der Waals surface area contributed by atoms with Crippen LogP contribution in [0.25, 0.3) is 0 Å². The Morgan fingerprint density at radius 2 is 1.50 bits per heavy atom. The molecule has 1 unspecified atom stereocenters. The van der Waals surface area contributed by atoms with E-state index in [0.29, 0.717) is 17.8 Å². The maximum Gasteiger partial charge on any atom is 0.102 e. The van der Waals surface area contributed by atoms with E-state index in [1.807, 2.05) is 0 Å². The molecule has 1 heteroatoms. The average molecular weight is 292 g/mol. The molecule has 1 aliphatic heterocycles. The molecule has 0 spiro atoms. The van der Waals surface area contributed by atoms with Crippen molar-refractivity contribution in [2.45, 2.75) is 38.4 Å². The normalized spacial score (nSPS) is 37.2. The zero-order valence-electron chi connectivity index (χ0n) is 13.4. The Morgan fingerprint density at radius 3 is 2.18 bits per heavy atom. The molecule has 0 amide bonds. The van der Waals surface area contributed by atoms with Crippen LogP contribution >= 0.6 is 0 Å². The molecule has 1 saturated carbocycles. The fourth-order valence-electron chi connectivity index (χ4n) is 4.64. The van der Waals surface area contributed by atoms with Crippen molar-refractivity contribution in [2.24, 2.45) is 17.8 Å². The third kappa shape index (κ3) is 1.88. The number of hydrogen-bond acceptors (Lipinski definition) is 1. The summed E-state index contributed by atoms with van der Waals surface area (Å²) in [6.45, 7) is 4.76. The van der Waals surface area contributed by atoms with Gasteiger partial charge in [-0.3, -0.25) is 0 Å². The van der Waals surface area contributed by atoms with E-state index in [2.05, 4.69) is 74.5 Å². The summed E-state index contributed by atoms with van der Waals surface area (Å²) in [4.78, 5) is 0. The third-order valence-corrected chi connectivity index (χ3v) is 6.05. The van der Waals surface area contributed by atoms with Crippen LogP contribution < -0.4 is 0 Å². The van der Waals surface area contributed by atoms with Crippen molar-refractivity contribution in [3.63, 3.8) is 0 Å². The van der Waals surface area contributed by atoms with Gasteiger partial charge in [0.15, 0.2) is 0 Å². The number of fused-ring (bicyclic) bond motifs is 1. The van der Waals surface area contributed by atoms with Crippen LogP contribution in [0, 0.1) is 17.8 Å². The predicted molar refractivity (Wildman–Crippen MR) is 89.4 cm³/mol. The standard InChI is InChI=1S/C21H24O/c1-15-13-14-19-20(17-9-5-3-6-10-17)22-21(19,16(15)2)18-11-7-4-8-12-18/h3-12,15-16,19-20H,13-14H2,1-2H3/t15-,16-,19?,20+,21-/m0/s1. The van der Waals surface area contributed by atoms with E-state index in [1.165, 1.54) is 24.0 Å². The molecule has 2 fully saturated rings. The highest BCUT2D eigenvalue weighted by molar-refractivity contribution is 5.33. The lowest BCUT2D eigenvalue weighted by atomic mass is 9.56. The molecule has 0 bridgehead atoms. The van der Waals surface area contributed by atoms with Gasteiger partial charge < -0.3 is 4.74 Å². The van der Waals surface area contributed by atoms with E-state index in [4.69, 9.17) is 4.74 Å². The summed E-state index contributed by atoms with van der Waals surface area (Å²) in [6, 6.07) is 21.6. The molecule has 22 heavy (non-hydrogen) atoms. The number of benzene rings is 2. The van der Waals surface area contributed by atoms with Gasteiger partial charge in [0.25, 0.3) is 0 Å². The first-order chi connectivity index (χ1) is 10.7. The van der Waals surface area contributed by atoms with E-state index >= 15 is 0 Å². The SMILES string of the molecule is C[C@H]1CCC2[C@@H](c3ccccc3)O[C@]2(c2ccccc2)[C@H]1C. The maximum atomic E-state index is 6.69. The Hall–Kier alpha value is -1.60. The maximum absolute atomic E-state index is 6.69. The van der Waals surface area contributed by atoms with Gasteiger partial charge >= 0.3 is 0 Å². The zero-order chi connectivity index (χ0) is 15.2. The first-order valence-electron chi connectivity index (χ1n) is 8.52. The number of rotatable bonds is 2. The van der Waals surface area contributed by atoms with Crippen LogP contribution in [0.15, 0.2) is 60.7 Å². The molecule has 2 aromatic carbocycles. The van der Waals surface area contributed by atoms with E-state index in [9.17, 15) is 0 Å². The second kappa shape index (κ2) is 5.24. The number of hydrogen-bond donors (Lipinski definition) is 0. The topological polar surface area (TPSA) is 9.23 Å². The molecule has 1 nitrogen and oxygen atoms in total. The van der Waals surface area contributed by atoms with Crippen molar-refractivity contribution in [1.82, 2.24) is 0 Å². The van der Waals surface area contributed by atoms with Crippen molar-refractivity contribution < 1.29 is 4.74 Å². The summed E-state index contributed by atoms with van der Waals surface area (Å²) in [6.07, 6.45) is 2.84. The minimum absolute atomic E-state index is 0.0839. The lowest BCUT2D eigenvalue weighted by Gasteiger charge is -2.62. The highest BCUT2D eigenvalue weighted by Crippen LogP contribution is 2.64. The van der Waals surface area contributed by atoms with Crippen molar-refractivity contribution in [3.8, 4) is 0 Å². The van der Waals surface area contributed by atoms with Crippen LogP contribution in [0.5, 0.6) is 0 Å². The van der Waals surface area contributed by atoms with Gasteiger partial charge in [0, 0.05) is 5.92 Å². The van der Waals surface area contributed by atoms with Crippen molar-refractivity contribution in [2.75, 3.05) is 0 Å². The Labute approximate surface area is 133 Å². The van der Waals surface area contributed by atoms with Crippen LogP contribution in [0.3, 0.4) is 0 Å². The molecule has 0 aromatic heterocycles. The van der Waals surface area contributed by atoms with Gasteiger partial charge in [0.05, 0.1) is 6.10 Å². The van der Waals surface area contributed by atoms with Gasteiger partial charge in [-0.15, -0.1) is 0 Å². The molecule has 0 radical (unpaired) electrons. The Bertz CT molecular complexity index is 635. The Balaban J connectivity index is 1.74. The van der Waals surface area contributed by atoms with E-state index in [0.717, 1.165) is 0 Å². The van der Waals surface area contributed by atoms with E-state index < -0.39 is 0 Å². The molecule has 0 N–H and O–H groups in total. The highest BCUT2D eigenvalue weighted by Gasteiger charge is 2.62. The van der Waals surface area contributed by atoms with Gasteiger partial charge in [-0.25, -0.2) is 0 Å². The van der Waals surface area contributed by atoms with Crippen LogP contribution in [0.4, 0.5) is 0 Å². The lowest BCUT2D eigenvalue weighted by molar-refractivity contribution is -0.319. The van der Waals surface area contributed by atoms with Crippen molar-refractivity contribution in [3.05, 3.63) is 71.8 Å². The lowest BCUT2D eigenvalue weighted by Crippen LogP contribution is -2.60. The van der Waals surface area contributed by atoms with E-state index in [-0.39, 0.29) is 11.7 Å². The molecule has 5 atom stereocenters. The van der Waals surface area contributed by atoms with Gasteiger partial charge in [-0.05, 0) is 35.8 Å². The molecule has 2 aliphatic rings. The summed E-state index contributed by atoms with van der Waals surface area (Å²) in [5.74, 6) is 1.88. The molecule has 114 valence electrons. The summed E-state index contributed by atoms with van der Waals surface area (Å²) >= 11 is 0. The van der Waals surface area contributed by atoms with Crippen LogP contribution in [0.1, 0.15) is 43.9 Å². The van der Waals surface area contributed by atoms with Crippen molar-refractivity contribution in [1.29, 1.82) is 0 Å². The summed E-state index contributed by atoms with van der Waals surface area (Å²) < 4.78 is 6.69. The Kier molecular flexibility index (Phi) is 3.34. The smallest absolute Gasteiger partial charge is 0.102 e. The molecular weight excluding hydrogens is 268 g/mol. The average Bonchev–Trinajstić information content (AvgIpc) is 2.55. The summed E-state index contributed by atoms with van der Waals surface area (Å²) in [5, 5.41) is 0. The van der Waals surface area contributed by atoms with Crippen LogP contribution in [-0.4, -0.2) is 0 Å². The minimum atomic E-state index is -0.0839. The highest BCUT2D eigenvalue weighted by atomic mass is 16.5. The monoisotopic (exact) mass is 292 g/mol. The fraction of sp³-hybridized carbons (Fsp3) is 0.429. The second-order valence-corrected chi connectivity index (χ2v) is 7.06. The van der Waals surface area contributed by atoms with Gasteiger partial charge in [0.1, 0.15) is 5.60 Å². The molecule has 2 aromatic rings. The quantitative estimate of drug-likeness (QED) is 0.726. The van der Waals surface area contributed by atoms with Crippen LogP contribution in [0.2, 0.25) is 0 Å². The first kappa shape index (κ1) is 14.0. The zero-order valence-corrected chi connectivity index (χ0v) is 13.4. The molecular formula is C21H24O. The predicted octanol–water partition coefficient (Wildman–Crippen LogP) is 5.34. The molecule has 4 rings (SSSR count). The molecule has 1 aliphatic carbocycles. The summed E-state index contributed by atoms with van der Waals surface area (Å²) in [5.41, 5.74) is 2.62. The van der Waals surface area contributed by atoms with Gasteiger partial charge in [0.2, 0.25) is 0 Å². The second-order valence-electron chi connectivity index (χ2n) is 7.06. The molecule has 1 heterocycles. The number of ether oxygens (including phenoxy) is 1. The Morgan fingerprint density at radius 1 is 0.864 bits per heavy atom. The van der Waals surface area contributed by atoms with Crippen molar-refractivity contribution >= 4 is 0 Å². The van der Waals surface area contributed by atoms with Crippen LogP contribution in [-0.2, 0) is 10.3 Å². The molecule has 1 saturated heterocycles. The third-order valence-electron chi connectivity index (χ3n) is 6.05. The van der Waals surface area contributed by atoms with E-state index in [1.54, 1.807) is 0 Å². The van der Waals surface area contributed by atoms with Gasteiger partial charge in [-0.2, -0.15) is 0 Å². The summed E-state index contributed by atoms with van der Waals surface area (Å²) in [7, 11) is 0. The largest absolute Gasteiger partial charge is 0.361 e. The van der Waals surface area contributed by atoms with Gasteiger partial charge in [-0.1, -0.05) is 74.5 Å². The first-order valence-corrected chi connectivity index (χ1v) is 8.52. The minimum Gasteiger partial charge on any atom is -0.361 e. The fourth-order valence-corrected chi connectivity index (χ4v) is 4.64.